The van der Waals surface area contributed by atoms with E-state index in [1.165, 1.54) is 0 Å². The summed E-state index contributed by atoms with van der Waals surface area (Å²) in [5.74, 6) is 0.635. The third-order valence-corrected chi connectivity index (χ3v) is 5.79. The van der Waals surface area contributed by atoms with Gasteiger partial charge in [-0.05, 0) is 24.3 Å². The van der Waals surface area contributed by atoms with Gasteiger partial charge in [-0.2, -0.15) is 10.1 Å². The Morgan fingerprint density at radius 3 is 2.53 bits per heavy atom. The zero-order valence-corrected chi connectivity index (χ0v) is 17.3. The summed E-state index contributed by atoms with van der Waals surface area (Å²) in [5.41, 5.74) is 2.95. The molecule has 5 aromatic rings. The number of aromatic nitrogens is 5. The van der Waals surface area contributed by atoms with Gasteiger partial charge < -0.3 is 14.3 Å². The maximum atomic E-state index is 12.6. The van der Waals surface area contributed by atoms with E-state index >= 15 is 0 Å². The van der Waals surface area contributed by atoms with Crippen molar-refractivity contribution in [2.45, 2.75) is 6.54 Å². The summed E-state index contributed by atoms with van der Waals surface area (Å²) in [6, 6.07) is 18.2. The number of hydrogen-bond acceptors (Lipinski definition) is 7. The number of benzene rings is 2. The molecular weight excluding hydrogens is 406 g/mol. The fourth-order valence-corrected chi connectivity index (χ4v) is 4.10. The van der Waals surface area contributed by atoms with Gasteiger partial charge in [0.1, 0.15) is 16.7 Å². The fourth-order valence-electron chi connectivity index (χ4n) is 4.10. The van der Waals surface area contributed by atoms with Crippen molar-refractivity contribution in [1.82, 2.24) is 29.6 Å². The lowest BCUT2D eigenvalue weighted by Crippen LogP contribution is -2.46. The van der Waals surface area contributed by atoms with Crippen molar-refractivity contribution in [3.05, 3.63) is 77.0 Å². The second kappa shape index (κ2) is 7.61. The van der Waals surface area contributed by atoms with Crippen LogP contribution in [0.4, 0.5) is 6.01 Å². The average molecular weight is 427 g/mol. The van der Waals surface area contributed by atoms with Crippen molar-refractivity contribution in [3.63, 3.8) is 0 Å². The van der Waals surface area contributed by atoms with E-state index in [2.05, 4.69) is 24.9 Å². The fraction of sp³-hybridized carbons (Fsp3) is 0.217. The summed E-state index contributed by atoms with van der Waals surface area (Å²) in [7, 11) is 0. The molecule has 3 aromatic heterocycles. The molecule has 32 heavy (non-hydrogen) atoms. The Hall–Kier alpha value is -3.98. The van der Waals surface area contributed by atoms with Gasteiger partial charge in [0.25, 0.3) is 11.6 Å². The molecule has 6 rings (SSSR count). The minimum atomic E-state index is -0.169. The molecule has 0 spiro atoms. The molecule has 160 valence electrons. The predicted molar refractivity (Wildman–Crippen MR) is 121 cm³/mol. The normalized spacial score (nSPS) is 15.1. The van der Waals surface area contributed by atoms with E-state index in [0.717, 1.165) is 43.0 Å². The number of nitrogens with one attached hydrogen (secondary N) is 1. The van der Waals surface area contributed by atoms with Crippen LogP contribution in [-0.2, 0) is 6.54 Å². The van der Waals surface area contributed by atoms with Crippen LogP contribution in [0.25, 0.3) is 27.8 Å². The van der Waals surface area contributed by atoms with Gasteiger partial charge >= 0.3 is 0 Å². The number of para-hydroxylation sites is 3. The van der Waals surface area contributed by atoms with Crippen LogP contribution in [0.3, 0.4) is 0 Å². The van der Waals surface area contributed by atoms with Gasteiger partial charge in [0.2, 0.25) is 0 Å². The molecule has 4 heterocycles. The third-order valence-electron chi connectivity index (χ3n) is 5.79. The topological polar surface area (TPSA) is 96.1 Å². The first kappa shape index (κ1) is 18.8. The number of fused-ring (bicyclic) bond motifs is 2. The highest BCUT2D eigenvalue weighted by Crippen LogP contribution is 2.23. The van der Waals surface area contributed by atoms with E-state index in [9.17, 15) is 4.79 Å². The standard InChI is InChI=1S/C23H21N7O2/c31-22-17-14-24-30(16-6-2-1-3-7-16)21(17)26-20(27-22)15-28-10-12-29(13-11-28)23-25-18-8-4-5-9-19(18)32-23/h1-9,14H,10-13,15H2,(H,26,27,31). The largest absolute Gasteiger partial charge is 0.423 e. The van der Waals surface area contributed by atoms with Gasteiger partial charge in [-0.1, -0.05) is 30.3 Å². The van der Waals surface area contributed by atoms with E-state index in [-0.39, 0.29) is 5.56 Å². The monoisotopic (exact) mass is 427 g/mol. The van der Waals surface area contributed by atoms with Crippen LogP contribution in [0.5, 0.6) is 0 Å². The maximum absolute atomic E-state index is 12.6. The Labute approximate surface area is 182 Å². The third kappa shape index (κ3) is 3.32. The molecule has 2 aromatic carbocycles. The van der Waals surface area contributed by atoms with Gasteiger partial charge in [0.05, 0.1) is 18.4 Å². The molecule has 0 radical (unpaired) electrons. The van der Waals surface area contributed by atoms with E-state index < -0.39 is 0 Å². The van der Waals surface area contributed by atoms with Gasteiger partial charge in [-0.25, -0.2) is 9.67 Å². The van der Waals surface area contributed by atoms with Crippen LogP contribution in [0.2, 0.25) is 0 Å². The van der Waals surface area contributed by atoms with Crippen molar-refractivity contribution in [2.24, 2.45) is 0 Å². The molecule has 1 aliphatic rings. The van der Waals surface area contributed by atoms with E-state index in [0.29, 0.717) is 29.4 Å². The second-order valence-corrected chi connectivity index (χ2v) is 7.87. The number of piperazine rings is 1. The van der Waals surface area contributed by atoms with E-state index in [4.69, 9.17) is 9.40 Å². The molecule has 0 aliphatic carbocycles. The molecular formula is C23H21N7O2. The smallest absolute Gasteiger partial charge is 0.298 e. The molecule has 9 heteroatoms. The molecule has 9 nitrogen and oxygen atoms in total. The van der Waals surface area contributed by atoms with Gasteiger partial charge in [0.15, 0.2) is 11.2 Å². The van der Waals surface area contributed by atoms with E-state index in [1.807, 2.05) is 54.6 Å². The number of aromatic amines is 1. The summed E-state index contributed by atoms with van der Waals surface area (Å²) in [4.78, 5) is 29.3. The Morgan fingerprint density at radius 2 is 1.72 bits per heavy atom. The number of rotatable bonds is 4. The number of anilines is 1. The van der Waals surface area contributed by atoms with Crippen LogP contribution >= 0.6 is 0 Å². The Morgan fingerprint density at radius 1 is 0.938 bits per heavy atom. The number of nitrogens with zero attached hydrogens (tertiary/aromatic N) is 6. The number of hydrogen-bond donors (Lipinski definition) is 1. The summed E-state index contributed by atoms with van der Waals surface area (Å²) in [6.07, 6.45) is 1.57. The van der Waals surface area contributed by atoms with Crippen molar-refractivity contribution in [3.8, 4) is 5.69 Å². The summed E-state index contributed by atoms with van der Waals surface area (Å²) in [5, 5.41) is 4.86. The van der Waals surface area contributed by atoms with Crippen molar-refractivity contribution in [1.29, 1.82) is 0 Å². The van der Waals surface area contributed by atoms with Crippen LogP contribution in [0.1, 0.15) is 5.82 Å². The molecule has 0 atom stereocenters. The van der Waals surface area contributed by atoms with Gasteiger partial charge in [0, 0.05) is 26.2 Å². The Bertz CT molecular complexity index is 1410. The molecule has 0 bridgehead atoms. The lowest BCUT2D eigenvalue weighted by atomic mass is 10.3. The molecule has 0 saturated carbocycles. The molecule has 1 saturated heterocycles. The first-order valence-corrected chi connectivity index (χ1v) is 10.6. The number of H-pyrrole nitrogens is 1. The highest BCUT2D eigenvalue weighted by Gasteiger charge is 2.22. The molecule has 1 fully saturated rings. The number of oxazole rings is 1. The summed E-state index contributed by atoms with van der Waals surface area (Å²) in [6.45, 7) is 3.78. The van der Waals surface area contributed by atoms with E-state index in [1.54, 1.807) is 10.9 Å². The highest BCUT2D eigenvalue weighted by atomic mass is 16.4. The Kier molecular flexibility index (Phi) is 4.46. The minimum Gasteiger partial charge on any atom is -0.423 e. The van der Waals surface area contributed by atoms with Crippen LogP contribution in [-0.4, -0.2) is 55.8 Å². The Balaban J connectivity index is 1.20. The quantitative estimate of drug-likeness (QED) is 0.471. The van der Waals surface area contributed by atoms with Gasteiger partial charge in [-0.15, -0.1) is 0 Å². The van der Waals surface area contributed by atoms with Crippen LogP contribution in [0.15, 0.2) is 70.0 Å². The van der Waals surface area contributed by atoms with Crippen molar-refractivity contribution < 1.29 is 4.42 Å². The second-order valence-electron chi connectivity index (χ2n) is 7.87. The lowest BCUT2D eigenvalue weighted by molar-refractivity contribution is 0.240. The average Bonchev–Trinajstić information content (AvgIpc) is 3.45. The molecule has 0 unspecified atom stereocenters. The predicted octanol–water partition coefficient (Wildman–Crippen LogP) is 2.57. The van der Waals surface area contributed by atoms with Gasteiger partial charge in [-0.3, -0.25) is 9.69 Å². The van der Waals surface area contributed by atoms with Crippen LogP contribution in [0, 0.1) is 0 Å². The minimum absolute atomic E-state index is 0.169. The van der Waals surface area contributed by atoms with Crippen molar-refractivity contribution >= 4 is 28.1 Å². The van der Waals surface area contributed by atoms with Crippen LogP contribution < -0.4 is 10.5 Å². The zero-order valence-electron chi connectivity index (χ0n) is 17.3. The maximum Gasteiger partial charge on any atom is 0.298 e. The lowest BCUT2D eigenvalue weighted by Gasteiger charge is -2.33. The molecule has 0 amide bonds. The van der Waals surface area contributed by atoms with Crippen molar-refractivity contribution in [2.75, 3.05) is 31.1 Å². The first-order valence-electron chi connectivity index (χ1n) is 10.6. The summed E-state index contributed by atoms with van der Waals surface area (Å²) < 4.78 is 7.61. The highest BCUT2D eigenvalue weighted by molar-refractivity contribution is 5.75. The SMILES string of the molecule is O=c1[nH]c(CN2CCN(c3nc4ccccc4o3)CC2)nc2c1cnn2-c1ccccc1. The molecule has 1 aliphatic heterocycles. The first-order chi connectivity index (χ1) is 15.7. The molecule has 1 N–H and O–H groups in total. The summed E-state index contributed by atoms with van der Waals surface area (Å²) >= 11 is 0. The zero-order chi connectivity index (χ0) is 21.5.